The highest BCUT2D eigenvalue weighted by Crippen LogP contribution is 2.38. The molecule has 2 aromatic heterocycles. The lowest BCUT2D eigenvalue weighted by molar-refractivity contribution is 0.194. The largest absolute Gasteiger partial charge is 0.322 e. The number of anilines is 1. The number of carbonyl (C=O) groups excluding carboxylic acids is 1. The number of para-hydroxylation sites is 1. The van der Waals surface area contributed by atoms with E-state index in [1.165, 1.54) is 12.1 Å². The molecule has 0 fully saturated rings. The number of urea groups is 1. The van der Waals surface area contributed by atoms with Crippen LogP contribution in [0.2, 0.25) is 0 Å². The van der Waals surface area contributed by atoms with Crippen LogP contribution in [0.5, 0.6) is 0 Å². The van der Waals surface area contributed by atoms with E-state index in [0.717, 1.165) is 40.4 Å². The van der Waals surface area contributed by atoms with E-state index in [1.54, 1.807) is 12.1 Å². The number of rotatable bonds is 4. The van der Waals surface area contributed by atoms with Crippen molar-refractivity contribution < 1.29 is 9.18 Å². The van der Waals surface area contributed by atoms with Crippen LogP contribution in [-0.2, 0) is 13.0 Å². The van der Waals surface area contributed by atoms with E-state index in [1.807, 2.05) is 82.5 Å². The van der Waals surface area contributed by atoms with Gasteiger partial charge in [-0.25, -0.2) is 13.9 Å². The van der Waals surface area contributed by atoms with Crippen molar-refractivity contribution in [3.8, 4) is 11.5 Å². The number of hydrogen-bond donors (Lipinski definition) is 1. The molecule has 1 N–H and O–H groups in total. The molecule has 1 aliphatic rings. The zero-order chi connectivity index (χ0) is 25.4. The summed E-state index contributed by atoms with van der Waals surface area (Å²) in [6.07, 6.45) is 2.76. The Morgan fingerprint density at radius 2 is 1.65 bits per heavy atom. The van der Waals surface area contributed by atoms with Gasteiger partial charge in [0.25, 0.3) is 0 Å². The molecule has 0 unspecified atom stereocenters. The number of nitrogens with one attached hydrogen (secondary N) is 1. The van der Waals surface area contributed by atoms with Gasteiger partial charge >= 0.3 is 6.03 Å². The van der Waals surface area contributed by atoms with Crippen molar-refractivity contribution >= 4 is 11.7 Å². The Hall–Kier alpha value is -4.65. The van der Waals surface area contributed by atoms with Gasteiger partial charge in [0.1, 0.15) is 11.6 Å². The van der Waals surface area contributed by atoms with Crippen LogP contribution in [0.4, 0.5) is 14.9 Å². The Labute approximate surface area is 214 Å². The normalized spacial score (nSPS) is 14.5. The van der Waals surface area contributed by atoms with Crippen LogP contribution in [0.15, 0.2) is 103 Å². The number of aryl methyl sites for hydroxylation is 1. The number of benzene rings is 3. The summed E-state index contributed by atoms with van der Waals surface area (Å²) in [5, 5.41) is 7.96. The van der Waals surface area contributed by atoms with Crippen molar-refractivity contribution in [2.24, 2.45) is 0 Å². The van der Waals surface area contributed by atoms with Crippen molar-refractivity contribution in [3.05, 3.63) is 132 Å². The predicted octanol–water partition coefficient (Wildman–Crippen LogP) is 6.50. The maximum atomic E-state index is 13.9. The quantitative estimate of drug-likeness (QED) is 0.312. The summed E-state index contributed by atoms with van der Waals surface area (Å²) in [5.74, 6) is 0.583. The van der Waals surface area contributed by atoms with Crippen LogP contribution in [-0.4, -0.2) is 25.3 Å². The summed E-state index contributed by atoms with van der Waals surface area (Å²) >= 11 is 0. The van der Waals surface area contributed by atoms with Crippen molar-refractivity contribution in [3.63, 3.8) is 0 Å². The lowest BCUT2D eigenvalue weighted by Crippen LogP contribution is -2.38. The molecule has 3 heterocycles. The maximum absolute atomic E-state index is 13.9. The Bertz CT molecular complexity index is 1540. The molecule has 5 aromatic rings. The van der Waals surface area contributed by atoms with Gasteiger partial charge in [-0.15, -0.1) is 0 Å². The smallest absolute Gasteiger partial charge is 0.308 e. The molecule has 3 aromatic carbocycles. The second-order valence-corrected chi connectivity index (χ2v) is 9.03. The van der Waals surface area contributed by atoms with Crippen LogP contribution < -0.4 is 5.32 Å². The van der Waals surface area contributed by atoms with Crippen molar-refractivity contribution in [1.82, 2.24) is 19.2 Å². The average molecular weight is 492 g/mol. The van der Waals surface area contributed by atoms with E-state index in [0.29, 0.717) is 12.2 Å². The first kappa shape index (κ1) is 22.8. The molecule has 0 spiro atoms. The third kappa shape index (κ3) is 4.08. The number of hydrogen-bond acceptors (Lipinski definition) is 2. The second kappa shape index (κ2) is 9.43. The number of aromatic nitrogens is 3. The van der Waals surface area contributed by atoms with Crippen LogP contribution in [0, 0.1) is 5.82 Å². The molecule has 37 heavy (non-hydrogen) atoms. The van der Waals surface area contributed by atoms with Crippen LogP contribution >= 0.6 is 0 Å². The van der Waals surface area contributed by atoms with Crippen molar-refractivity contribution in [2.75, 3.05) is 5.32 Å². The molecule has 2 amide bonds. The zero-order valence-electron chi connectivity index (χ0n) is 20.4. The van der Waals surface area contributed by atoms with Gasteiger partial charge < -0.3 is 14.8 Å². The van der Waals surface area contributed by atoms with Gasteiger partial charge in [-0.1, -0.05) is 55.5 Å². The van der Waals surface area contributed by atoms with Gasteiger partial charge in [0.2, 0.25) is 0 Å². The van der Waals surface area contributed by atoms with Gasteiger partial charge in [0.05, 0.1) is 29.7 Å². The minimum absolute atomic E-state index is 0.268. The monoisotopic (exact) mass is 491 g/mol. The standard InChI is InChI=1S/C30H26FN5O/c1-2-26-25-20-35(30(37)32-23-17-15-22(31)16-18-23)28(21-10-5-3-6-11-21)27-14-9-19-34(27)29(25)36(33-26)24-12-7-4-8-13-24/h3-19,28H,2,20H2,1H3,(H,32,37)/t28-/m1/s1. The highest BCUT2D eigenvalue weighted by molar-refractivity contribution is 5.90. The number of nitrogens with zero attached hydrogens (tertiary/aromatic N) is 4. The predicted molar refractivity (Wildman–Crippen MR) is 142 cm³/mol. The molecule has 0 bridgehead atoms. The third-order valence-corrected chi connectivity index (χ3v) is 6.78. The minimum Gasteiger partial charge on any atom is -0.308 e. The minimum atomic E-state index is -0.349. The molecule has 0 saturated carbocycles. The number of amides is 2. The molecule has 7 heteroatoms. The Balaban J connectivity index is 1.54. The number of fused-ring (bicyclic) bond motifs is 3. The van der Waals surface area contributed by atoms with Crippen LogP contribution in [0.1, 0.15) is 35.5 Å². The maximum Gasteiger partial charge on any atom is 0.322 e. The fraction of sp³-hybridized carbons (Fsp3) is 0.133. The van der Waals surface area contributed by atoms with E-state index < -0.39 is 0 Å². The van der Waals surface area contributed by atoms with Gasteiger partial charge in [-0.05, 0) is 60.5 Å². The molecular formula is C30H26FN5O. The molecule has 0 aliphatic carbocycles. The van der Waals surface area contributed by atoms with Crippen molar-refractivity contribution in [2.45, 2.75) is 25.9 Å². The molecular weight excluding hydrogens is 465 g/mol. The van der Waals surface area contributed by atoms with Crippen molar-refractivity contribution in [1.29, 1.82) is 0 Å². The average Bonchev–Trinajstić information content (AvgIpc) is 3.52. The Morgan fingerprint density at radius 3 is 2.35 bits per heavy atom. The summed E-state index contributed by atoms with van der Waals surface area (Å²) in [5.41, 5.74) is 5.38. The summed E-state index contributed by atoms with van der Waals surface area (Å²) in [6.45, 7) is 2.44. The van der Waals surface area contributed by atoms with Crippen LogP contribution in [0.3, 0.4) is 0 Å². The third-order valence-electron chi connectivity index (χ3n) is 6.78. The molecule has 0 radical (unpaired) electrons. The SMILES string of the molecule is CCc1nn(-c2ccccc2)c2c1CN(C(=O)Nc1ccc(F)cc1)[C@H](c1ccccc1)c1cccn1-2. The molecule has 6 nitrogen and oxygen atoms in total. The first-order valence-corrected chi connectivity index (χ1v) is 12.4. The molecule has 6 rings (SSSR count). The topological polar surface area (TPSA) is 55.1 Å². The number of halogens is 1. The highest BCUT2D eigenvalue weighted by Gasteiger charge is 2.36. The fourth-order valence-corrected chi connectivity index (χ4v) is 5.06. The van der Waals surface area contributed by atoms with E-state index >= 15 is 0 Å². The fourth-order valence-electron chi connectivity index (χ4n) is 5.06. The van der Waals surface area contributed by atoms with Crippen LogP contribution in [0.25, 0.3) is 11.5 Å². The summed E-state index contributed by atoms with van der Waals surface area (Å²) in [7, 11) is 0. The lowest BCUT2D eigenvalue weighted by Gasteiger charge is -2.31. The van der Waals surface area contributed by atoms with Gasteiger partial charge in [0, 0.05) is 17.4 Å². The summed E-state index contributed by atoms with van der Waals surface area (Å²) in [6, 6.07) is 29.4. The van der Waals surface area contributed by atoms with E-state index in [2.05, 4.69) is 22.9 Å². The molecule has 184 valence electrons. The highest BCUT2D eigenvalue weighted by atomic mass is 19.1. The molecule has 1 atom stereocenters. The molecule has 0 saturated heterocycles. The Kier molecular flexibility index (Phi) is 5.81. The van der Waals surface area contributed by atoms with Gasteiger partial charge in [-0.2, -0.15) is 5.10 Å². The first-order chi connectivity index (χ1) is 18.1. The summed E-state index contributed by atoms with van der Waals surface area (Å²) in [4.78, 5) is 15.7. The zero-order valence-corrected chi connectivity index (χ0v) is 20.4. The van der Waals surface area contributed by atoms with E-state index in [4.69, 9.17) is 5.10 Å². The van der Waals surface area contributed by atoms with Gasteiger partial charge in [0.15, 0.2) is 0 Å². The number of carbonyl (C=O) groups is 1. The summed E-state index contributed by atoms with van der Waals surface area (Å²) < 4.78 is 17.6. The van der Waals surface area contributed by atoms with Gasteiger partial charge in [-0.3, -0.25) is 0 Å². The lowest BCUT2D eigenvalue weighted by atomic mass is 10.0. The second-order valence-electron chi connectivity index (χ2n) is 9.03. The first-order valence-electron chi connectivity index (χ1n) is 12.4. The molecule has 1 aliphatic heterocycles. The van der Waals surface area contributed by atoms with E-state index in [9.17, 15) is 9.18 Å². The van der Waals surface area contributed by atoms with E-state index in [-0.39, 0.29) is 17.9 Å². The Morgan fingerprint density at radius 1 is 0.946 bits per heavy atom.